The number of ether oxygens (including phenoxy) is 2. The molecule has 0 aliphatic carbocycles. The van der Waals surface area contributed by atoms with E-state index in [9.17, 15) is 0 Å². The standard InChI is InChI=1S/C14H31NO2/c1-3-5-11-16-13-14-17-12-9-7-6-8-10-15-4-2/h15H,3-14H2,1-2H3. The maximum atomic E-state index is 5.50. The molecule has 0 radical (unpaired) electrons. The molecule has 0 bridgehead atoms. The van der Waals surface area contributed by atoms with E-state index in [1.165, 1.54) is 32.1 Å². The number of hydrogen-bond acceptors (Lipinski definition) is 3. The summed E-state index contributed by atoms with van der Waals surface area (Å²) in [4.78, 5) is 0. The lowest BCUT2D eigenvalue weighted by Gasteiger charge is -2.05. The summed E-state index contributed by atoms with van der Waals surface area (Å²) >= 11 is 0. The van der Waals surface area contributed by atoms with Gasteiger partial charge in [0.15, 0.2) is 0 Å². The van der Waals surface area contributed by atoms with Gasteiger partial charge in [0.05, 0.1) is 13.2 Å². The Morgan fingerprint density at radius 3 is 2.00 bits per heavy atom. The first kappa shape index (κ1) is 16.9. The Kier molecular flexibility index (Phi) is 15.8. The Morgan fingerprint density at radius 2 is 1.35 bits per heavy atom. The molecule has 0 unspecified atom stereocenters. The van der Waals surface area contributed by atoms with Crippen LogP contribution in [0.4, 0.5) is 0 Å². The van der Waals surface area contributed by atoms with E-state index in [0.29, 0.717) is 0 Å². The average molecular weight is 245 g/mol. The highest BCUT2D eigenvalue weighted by Crippen LogP contribution is 1.99. The van der Waals surface area contributed by atoms with Gasteiger partial charge in [-0.2, -0.15) is 0 Å². The molecule has 0 heterocycles. The van der Waals surface area contributed by atoms with E-state index in [1.807, 2.05) is 0 Å². The fourth-order valence-electron chi connectivity index (χ4n) is 1.55. The maximum Gasteiger partial charge on any atom is 0.0700 e. The van der Waals surface area contributed by atoms with Crippen LogP contribution in [0.2, 0.25) is 0 Å². The van der Waals surface area contributed by atoms with Crippen molar-refractivity contribution in [2.45, 2.75) is 52.4 Å². The van der Waals surface area contributed by atoms with Crippen molar-refractivity contribution in [2.24, 2.45) is 0 Å². The fourth-order valence-corrected chi connectivity index (χ4v) is 1.55. The molecule has 0 aromatic heterocycles. The monoisotopic (exact) mass is 245 g/mol. The zero-order valence-corrected chi connectivity index (χ0v) is 11.8. The van der Waals surface area contributed by atoms with Crippen LogP contribution in [0.15, 0.2) is 0 Å². The summed E-state index contributed by atoms with van der Waals surface area (Å²) in [6, 6.07) is 0. The van der Waals surface area contributed by atoms with Crippen molar-refractivity contribution < 1.29 is 9.47 Å². The second-order valence-corrected chi connectivity index (χ2v) is 4.35. The van der Waals surface area contributed by atoms with Crippen molar-refractivity contribution in [1.82, 2.24) is 5.32 Å². The van der Waals surface area contributed by atoms with Crippen LogP contribution in [0.25, 0.3) is 0 Å². The quantitative estimate of drug-likeness (QED) is 0.477. The van der Waals surface area contributed by atoms with Gasteiger partial charge in [-0.3, -0.25) is 0 Å². The Balaban J connectivity index is 2.85. The third-order valence-electron chi connectivity index (χ3n) is 2.66. The van der Waals surface area contributed by atoms with Crippen LogP contribution in [-0.2, 0) is 9.47 Å². The maximum absolute atomic E-state index is 5.50. The van der Waals surface area contributed by atoms with Gasteiger partial charge in [0, 0.05) is 13.2 Å². The van der Waals surface area contributed by atoms with E-state index in [4.69, 9.17) is 9.47 Å². The van der Waals surface area contributed by atoms with Crippen molar-refractivity contribution in [1.29, 1.82) is 0 Å². The second kappa shape index (κ2) is 15.9. The van der Waals surface area contributed by atoms with Crippen LogP contribution in [0.1, 0.15) is 52.4 Å². The molecule has 0 rings (SSSR count). The van der Waals surface area contributed by atoms with E-state index >= 15 is 0 Å². The van der Waals surface area contributed by atoms with Crippen molar-refractivity contribution in [3.63, 3.8) is 0 Å². The lowest BCUT2D eigenvalue weighted by molar-refractivity contribution is 0.0453. The van der Waals surface area contributed by atoms with Crippen LogP contribution in [0, 0.1) is 0 Å². The third-order valence-corrected chi connectivity index (χ3v) is 2.66. The largest absolute Gasteiger partial charge is 0.379 e. The summed E-state index contributed by atoms with van der Waals surface area (Å²) < 4.78 is 10.9. The summed E-state index contributed by atoms with van der Waals surface area (Å²) in [5.41, 5.74) is 0. The normalized spacial score (nSPS) is 10.9. The molecule has 3 nitrogen and oxygen atoms in total. The summed E-state index contributed by atoms with van der Waals surface area (Å²) in [6.07, 6.45) is 7.42. The topological polar surface area (TPSA) is 30.5 Å². The van der Waals surface area contributed by atoms with Gasteiger partial charge in [0.2, 0.25) is 0 Å². The minimum atomic E-state index is 0.750. The van der Waals surface area contributed by atoms with Gasteiger partial charge in [-0.25, -0.2) is 0 Å². The van der Waals surface area contributed by atoms with E-state index in [0.717, 1.165) is 45.9 Å². The molecule has 0 atom stereocenters. The van der Waals surface area contributed by atoms with Gasteiger partial charge in [0.25, 0.3) is 0 Å². The van der Waals surface area contributed by atoms with Crippen LogP contribution in [-0.4, -0.2) is 39.5 Å². The lowest BCUT2D eigenvalue weighted by Crippen LogP contribution is -2.13. The summed E-state index contributed by atoms with van der Waals surface area (Å²) in [5.74, 6) is 0. The first-order valence-corrected chi connectivity index (χ1v) is 7.28. The summed E-state index contributed by atoms with van der Waals surface area (Å²) in [6.45, 7) is 9.83. The smallest absolute Gasteiger partial charge is 0.0700 e. The average Bonchev–Trinajstić information content (AvgIpc) is 2.35. The number of nitrogens with one attached hydrogen (secondary N) is 1. The third kappa shape index (κ3) is 15.9. The van der Waals surface area contributed by atoms with Gasteiger partial charge >= 0.3 is 0 Å². The SMILES string of the molecule is CCCCOCCOCCCCCCNCC. The van der Waals surface area contributed by atoms with Gasteiger partial charge in [-0.15, -0.1) is 0 Å². The Bertz CT molecular complexity index is 117. The van der Waals surface area contributed by atoms with Gasteiger partial charge in [-0.05, 0) is 32.4 Å². The minimum Gasteiger partial charge on any atom is -0.379 e. The molecule has 0 saturated heterocycles. The molecule has 0 aliphatic rings. The highest BCUT2D eigenvalue weighted by Gasteiger charge is 1.92. The molecule has 0 amide bonds. The molecule has 0 saturated carbocycles. The minimum absolute atomic E-state index is 0.750. The van der Waals surface area contributed by atoms with Crippen molar-refractivity contribution >= 4 is 0 Å². The Morgan fingerprint density at radius 1 is 0.706 bits per heavy atom. The van der Waals surface area contributed by atoms with Crippen LogP contribution >= 0.6 is 0 Å². The van der Waals surface area contributed by atoms with Crippen molar-refractivity contribution in [3.05, 3.63) is 0 Å². The molecule has 104 valence electrons. The number of unbranched alkanes of at least 4 members (excludes halogenated alkanes) is 4. The van der Waals surface area contributed by atoms with E-state index in [2.05, 4.69) is 19.2 Å². The van der Waals surface area contributed by atoms with E-state index in [1.54, 1.807) is 0 Å². The first-order chi connectivity index (χ1) is 8.41. The molecule has 3 heteroatoms. The van der Waals surface area contributed by atoms with E-state index < -0.39 is 0 Å². The highest BCUT2D eigenvalue weighted by atomic mass is 16.5. The summed E-state index contributed by atoms with van der Waals surface area (Å²) in [5, 5.41) is 3.34. The van der Waals surface area contributed by atoms with Gasteiger partial charge in [0.1, 0.15) is 0 Å². The zero-order chi connectivity index (χ0) is 12.6. The van der Waals surface area contributed by atoms with Crippen molar-refractivity contribution in [2.75, 3.05) is 39.5 Å². The zero-order valence-electron chi connectivity index (χ0n) is 11.8. The number of rotatable bonds is 14. The molecule has 0 aromatic rings. The molecule has 0 aliphatic heterocycles. The van der Waals surface area contributed by atoms with Crippen molar-refractivity contribution in [3.8, 4) is 0 Å². The first-order valence-electron chi connectivity index (χ1n) is 7.28. The number of hydrogen-bond donors (Lipinski definition) is 1. The Labute approximate surface area is 107 Å². The molecule has 17 heavy (non-hydrogen) atoms. The molecule has 0 aromatic carbocycles. The second-order valence-electron chi connectivity index (χ2n) is 4.35. The van der Waals surface area contributed by atoms with E-state index in [-0.39, 0.29) is 0 Å². The predicted octanol–water partition coefficient (Wildman–Crippen LogP) is 2.99. The van der Waals surface area contributed by atoms with Gasteiger partial charge < -0.3 is 14.8 Å². The molecule has 0 fully saturated rings. The Hall–Kier alpha value is -0.120. The predicted molar refractivity (Wildman–Crippen MR) is 73.6 cm³/mol. The van der Waals surface area contributed by atoms with Gasteiger partial charge in [-0.1, -0.05) is 33.1 Å². The highest BCUT2D eigenvalue weighted by molar-refractivity contribution is 4.46. The molecule has 0 spiro atoms. The van der Waals surface area contributed by atoms with Crippen LogP contribution in [0.3, 0.4) is 0 Å². The molecule has 1 N–H and O–H groups in total. The van der Waals surface area contributed by atoms with Crippen LogP contribution in [0.5, 0.6) is 0 Å². The fraction of sp³-hybridized carbons (Fsp3) is 1.00. The summed E-state index contributed by atoms with van der Waals surface area (Å²) in [7, 11) is 0. The molecular formula is C14H31NO2. The lowest BCUT2D eigenvalue weighted by atomic mass is 10.2. The van der Waals surface area contributed by atoms with Crippen LogP contribution < -0.4 is 5.32 Å². The molecular weight excluding hydrogens is 214 g/mol.